The molecule has 0 aromatic heterocycles. The van der Waals surface area contributed by atoms with Crippen molar-refractivity contribution in [2.75, 3.05) is 24.6 Å². The second kappa shape index (κ2) is 1.04. The van der Waals surface area contributed by atoms with E-state index in [1.54, 1.807) is 63.2 Å². The Bertz CT molecular complexity index is 971. The summed E-state index contributed by atoms with van der Waals surface area (Å²) in [6, 6.07) is 0. The molecule has 10 saturated heterocycles. The van der Waals surface area contributed by atoms with E-state index in [4.69, 9.17) is 0 Å². The zero-order valence-corrected chi connectivity index (χ0v) is 16.6. The van der Waals surface area contributed by atoms with Crippen molar-refractivity contribution in [3.63, 3.8) is 0 Å². The molecule has 10 heterocycles. The first-order chi connectivity index (χ1) is 9.97. The van der Waals surface area contributed by atoms with Crippen LogP contribution in [0, 0.1) is 0 Å². The number of rotatable bonds is 6. The Balaban J connectivity index is 1.45. The van der Waals surface area contributed by atoms with Gasteiger partial charge < -0.3 is 0 Å². The van der Waals surface area contributed by atoms with Crippen molar-refractivity contribution in [2.24, 2.45) is 0 Å². The minimum absolute atomic E-state index is 0.470. The third-order valence-electron chi connectivity index (χ3n) is 17.2. The molecule has 10 rings (SSSR count). The van der Waals surface area contributed by atoms with E-state index in [1.807, 2.05) is 0 Å². The SMILES string of the molecule is CCP(CC)[C]12[CH]3[CH]4[CH]5[CH]1[Fe]45321678[CH]2[CH]1[CH]6[C]7(P(CC)CC)[CH]28. The zero-order chi connectivity index (χ0) is 13.9. The molecule has 3 heteroatoms. The van der Waals surface area contributed by atoms with Crippen LogP contribution in [0.1, 0.15) is 27.7 Å². The van der Waals surface area contributed by atoms with Gasteiger partial charge in [-0.1, -0.05) is 0 Å². The fourth-order valence-electron chi connectivity index (χ4n) is 19.5. The standard InChI is InChI=1S/2C9H14P.Fe/c2*1-3-10(4-2)9-7-5-6-8-9;/h2*5-8H,3-4H2,1-2H3;. The molecular formula is C18H28FeP2. The van der Waals surface area contributed by atoms with E-state index in [0.29, 0.717) is 15.8 Å². The van der Waals surface area contributed by atoms with Gasteiger partial charge in [-0.3, -0.25) is 0 Å². The summed E-state index contributed by atoms with van der Waals surface area (Å²) in [6.07, 6.45) is 6.48. The number of hydrogen-bond donors (Lipinski definition) is 0. The zero-order valence-electron chi connectivity index (χ0n) is 13.7. The van der Waals surface area contributed by atoms with E-state index in [-0.39, 0.29) is 0 Å². The quantitative estimate of drug-likeness (QED) is 0.388. The van der Waals surface area contributed by atoms with E-state index < -0.39 is 6.51 Å². The Morgan fingerprint density at radius 2 is 0.905 bits per heavy atom. The topological polar surface area (TPSA) is 0 Å². The van der Waals surface area contributed by atoms with Gasteiger partial charge in [-0.15, -0.1) is 0 Å². The first-order valence-electron chi connectivity index (χ1n) is 9.68. The van der Waals surface area contributed by atoms with E-state index in [1.165, 1.54) is 8.11 Å². The summed E-state index contributed by atoms with van der Waals surface area (Å²) < 4.78 is 2.47. The summed E-state index contributed by atoms with van der Waals surface area (Å²) in [5.41, 5.74) is 0. The maximum atomic E-state index is 2.59. The van der Waals surface area contributed by atoms with Gasteiger partial charge in [0.1, 0.15) is 0 Å². The van der Waals surface area contributed by atoms with Gasteiger partial charge in [-0.2, -0.15) is 0 Å². The summed E-state index contributed by atoms with van der Waals surface area (Å²) in [6.45, 7) is 7.39. The van der Waals surface area contributed by atoms with Gasteiger partial charge in [0.2, 0.25) is 0 Å². The Morgan fingerprint density at radius 3 is 1.10 bits per heavy atom. The van der Waals surface area contributed by atoms with Crippen LogP contribution in [-0.2, 0) is 6.51 Å². The van der Waals surface area contributed by atoms with Crippen molar-refractivity contribution >= 4 is 15.8 Å². The van der Waals surface area contributed by atoms with Crippen LogP contribution in [0.2, 0.25) is 38.5 Å². The summed E-state index contributed by atoms with van der Waals surface area (Å²) >= 11 is 0. The molecule has 0 aromatic carbocycles. The van der Waals surface area contributed by atoms with Crippen molar-refractivity contribution in [3.05, 3.63) is 0 Å². The van der Waals surface area contributed by atoms with Gasteiger partial charge in [0, 0.05) is 0 Å². The van der Waals surface area contributed by atoms with Crippen LogP contribution in [0.4, 0.5) is 0 Å². The van der Waals surface area contributed by atoms with Crippen LogP contribution in [0.5, 0.6) is 0 Å². The first-order valence-corrected chi connectivity index (χ1v) is 19.3. The maximum absolute atomic E-state index is 2.99. The second-order valence-corrected chi connectivity index (χ2v) is 42.2. The summed E-state index contributed by atoms with van der Waals surface area (Å²) in [5.74, 6) is 0. The Kier molecular flexibility index (Phi) is 0.515. The molecule has 8 unspecified atom stereocenters. The van der Waals surface area contributed by atoms with Gasteiger partial charge in [-0.25, -0.2) is 0 Å². The third-order valence-corrected chi connectivity index (χ3v) is 74.8. The van der Waals surface area contributed by atoms with Crippen molar-refractivity contribution in [1.82, 2.24) is 0 Å². The molecule has 10 fully saturated rings. The summed E-state index contributed by atoms with van der Waals surface area (Å²) in [4.78, 5) is 12.3. The Labute approximate surface area is 121 Å². The third kappa shape index (κ3) is 0.131. The Morgan fingerprint density at radius 1 is 0.619 bits per heavy atom. The van der Waals surface area contributed by atoms with Gasteiger partial charge >= 0.3 is 121 Å². The van der Waals surface area contributed by atoms with Crippen molar-refractivity contribution in [2.45, 2.75) is 74.3 Å². The second-order valence-electron chi connectivity index (χ2n) is 12.0. The van der Waals surface area contributed by atoms with E-state index >= 15 is 0 Å². The molecule has 10 aliphatic heterocycles. The molecule has 0 saturated carbocycles. The molecule has 0 nitrogen and oxygen atoms in total. The Hall–Kier alpha value is 1.38. The predicted molar refractivity (Wildman–Crippen MR) is 91.5 cm³/mol. The molecular weight excluding hydrogens is 334 g/mol. The van der Waals surface area contributed by atoms with E-state index in [2.05, 4.69) is 27.7 Å². The minimum atomic E-state index is -2.99. The molecule has 0 amide bonds. The number of fused-ring (bicyclic) bond motifs is 10. The van der Waals surface area contributed by atoms with Gasteiger partial charge in [0.25, 0.3) is 0 Å². The van der Waals surface area contributed by atoms with Crippen LogP contribution >= 0.6 is 15.8 Å². The molecule has 10 aliphatic rings. The van der Waals surface area contributed by atoms with Gasteiger partial charge in [-0.05, 0) is 0 Å². The van der Waals surface area contributed by atoms with Crippen molar-refractivity contribution in [1.29, 1.82) is 0 Å². The van der Waals surface area contributed by atoms with Crippen molar-refractivity contribution in [3.8, 4) is 0 Å². The fourth-order valence-corrected chi connectivity index (χ4v) is 128. The van der Waals surface area contributed by atoms with Crippen molar-refractivity contribution < 1.29 is 6.51 Å². The average molecular weight is 362 g/mol. The van der Waals surface area contributed by atoms with Crippen LogP contribution in [0.25, 0.3) is 0 Å². The van der Waals surface area contributed by atoms with Crippen LogP contribution in [-0.4, -0.2) is 32.8 Å². The molecule has 0 aliphatic carbocycles. The van der Waals surface area contributed by atoms with E-state index in [0.717, 1.165) is 0 Å². The molecule has 21 heavy (non-hydrogen) atoms. The normalized spacial score (nSPS) is 103. The van der Waals surface area contributed by atoms with E-state index in [9.17, 15) is 0 Å². The molecule has 0 aromatic rings. The molecule has 118 valence electrons. The van der Waals surface area contributed by atoms with Crippen LogP contribution < -0.4 is 0 Å². The monoisotopic (exact) mass is 362 g/mol. The first kappa shape index (κ1) is 10.4. The number of hydrogen-bond acceptors (Lipinski definition) is 0. The molecule has 1 spiro atoms. The average Bonchev–Trinajstić information content (AvgIpc) is 3.44. The van der Waals surface area contributed by atoms with Crippen LogP contribution in [0.3, 0.4) is 0 Å². The molecule has 8 atom stereocenters. The molecule has 0 N–H and O–H groups in total. The van der Waals surface area contributed by atoms with Crippen LogP contribution in [0.15, 0.2) is 0 Å². The van der Waals surface area contributed by atoms with Gasteiger partial charge in [0.15, 0.2) is 0 Å². The summed E-state index contributed by atoms with van der Waals surface area (Å²) in [5, 5.41) is 0. The fraction of sp³-hybridized carbons (Fsp3) is 1.00. The molecule has 0 bridgehead atoms. The molecule has 0 radical (unpaired) electrons. The summed E-state index contributed by atoms with van der Waals surface area (Å²) in [7, 11) is 0.940. The predicted octanol–water partition coefficient (Wildman–Crippen LogP) is 6.23. The van der Waals surface area contributed by atoms with Gasteiger partial charge in [0.05, 0.1) is 0 Å².